The highest BCUT2D eigenvalue weighted by Gasteiger charge is 2.13. The molecule has 0 saturated heterocycles. The van der Waals surface area contributed by atoms with E-state index in [2.05, 4.69) is 4.90 Å². The maximum absolute atomic E-state index is 11.9. The summed E-state index contributed by atoms with van der Waals surface area (Å²) in [7, 11) is -1.13. The Hall–Kier alpha value is -1.07. The molecule has 1 rings (SSSR count). The summed E-state index contributed by atoms with van der Waals surface area (Å²) in [4.78, 5) is 2.50. The van der Waals surface area contributed by atoms with E-state index in [4.69, 9.17) is 5.11 Å². The lowest BCUT2D eigenvalue weighted by Crippen LogP contribution is -2.18. The zero-order valence-electron chi connectivity index (χ0n) is 12.4. The van der Waals surface area contributed by atoms with E-state index in [1.807, 2.05) is 26.1 Å². The first-order valence-electron chi connectivity index (χ1n) is 7.16. The van der Waals surface area contributed by atoms with Gasteiger partial charge < -0.3 is 10.0 Å². The number of anilines is 1. The Morgan fingerprint density at radius 2 is 1.75 bits per heavy atom. The van der Waals surface area contributed by atoms with Crippen molar-refractivity contribution in [1.29, 1.82) is 0 Å². The van der Waals surface area contributed by atoms with Crippen LogP contribution in [0.25, 0.3) is 0 Å². The van der Waals surface area contributed by atoms with Crippen LogP contribution in [0.2, 0.25) is 0 Å². The third kappa shape index (κ3) is 5.13. The summed E-state index contributed by atoms with van der Waals surface area (Å²) in [5.74, 6) is 0.198. The van der Waals surface area contributed by atoms with Gasteiger partial charge in [-0.25, -0.2) is 8.42 Å². The summed E-state index contributed by atoms with van der Waals surface area (Å²) in [5, 5.41) is 8.73. The molecule has 0 spiro atoms. The number of hydrogen-bond donors (Lipinski definition) is 1. The Balaban J connectivity index is 2.62. The van der Waals surface area contributed by atoms with Crippen molar-refractivity contribution in [3.05, 3.63) is 24.3 Å². The Morgan fingerprint density at radius 1 is 1.10 bits per heavy atom. The molecule has 0 aromatic heterocycles. The third-order valence-electron chi connectivity index (χ3n) is 3.26. The van der Waals surface area contributed by atoms with Crippen LogP contribution in [0.5, 0.6) is 0 Å². The second kappa shape index (κ2) is 8.27. The average molecular weight is 299 g/mol. The predicted octanol–water partition coefficient (Wildman–Crippen LogP) is 2.47. The molecule has 0 aliphatic heterocycles. The number of sulfone groups is 1. The molecule has 0 amide bonds. The van der Waals surface area contributed by atoms with Crippen molar-refractivity contribution in [3.63, 3.8) is 0 Å². The first-order valence-corrected chi connectivity index (χ1v) is 8.81. The van der Waals surface area contributed by atoms with E-state index >= 15 is 0 Å². The van der Waals surface area contributed by atoms with Crippen molar-refractivity contribution in [2.45, 2.75) is 37.5 Å². The molecular formula is C15H25NO3S. The largest absolute Gasteiger partial charge is 0.396 e. The summed E-state index contributed by atoms with van der Waals surface area (Å²) >= 11 is 0. The van der Waals surface area contributed by atoms with Gasteiger partial charge in [0.1, 0.15) is 0 Å². The van der Waals surface area contributed by atoms with Crippen LogP contribution in [0.4, 0.5) is 5.69 Å². The second-order valence-electron chi connectivity index (χ2n) is 5.02. The van der Waals surface area contributed by atoms with Gasteiger partial charge in [-0.3, -0.25) is 0 Å². The van der Waals surface area contributed by atoms with Crippen molar-refractivity contribution >= 4 is 15.5 Å². The Morgan fingerprint density at radius 3 is 2.30 bits per heavy atom. The highest BCUT2D eigenvalue weighted by atomic mass is 32.2. The summed E-state index contributed by atoms with van der Waals surface area (Å²) < 4.78 is 23.8. The van der Waals surface area contributed by atoms with Crippen molar-refractivity contribution in [2.24, 2.45) is 0 Å². The van der Waals surface area contributed by atoms with Gasteiger partial charge >= 0.3 is 0 Å². The Labute approximate surface area is 122 Å². The van der Waals surface area contributed by atoms with Gasteiger partial charge in [-0.2, -0.15) is 0 Å². The highest BCUT2D eigenvalue weighted by molar-refractivity contribution is 7.91. The van der Waals surface area contributed by atoms with Gasteiger partial charge in [0, 0.05) is 25.9 Å². The lowest BCUT2D eigenvalue weighted by Gasteiger charge is -2.19. The Bertz CT molecular complexity index is 482. The molecule has 0 fully saturated rings. The molecule has 0 bridgehead atoms. The maximum Gasteiger partial charge on any atom is 0.178 e. The fourth-order valence-corrected chi connectivity index (χ4v) is 3.39. The van der Waals surface area contributed by atoms with E-state index in [-0.39, 0.29) is 12.4 Å². The van der Waals surface area contributed by atoms with Crippen molar-refractivity contribution < 1.29 is 13.5 Å². The minimum absolute atomic E-state index is 0.198. The van der Waals surface area contributed by atoms with E-state index in [0.717, 1.165) is 31.5 Å². The molecule has 1 N–H and O–H groups in total. The first kappa shape index (κ1) is 17.0. The fraction of sp³-hybridized carbons (Fsp3) is 0.600. The summed E-state index contributed by atoms with van der Waals surface area (Å²) in [5.41, 5.74) is 1.02. The van der Waals surface area contributed by atoms with Crippen LogP contribution in [0, 0.1) is 0 Å². The standard InChI is InChI=1S/C15H25NO3S/c1-3-13-20(18,19)15-9-7-14(8-10-15)16(2)11-5-4-6-12-17/h7-10,17H,3-6,11-13H2,1-2H3. The van der Waals surface area contributed by atoms with Gasteiger partial charge in [0.05, 0.1) is 10.6 Å². The topological polar surface area (TPSA) is 57.6 Å². The smallest absolute Gasteiger partial charge is 0.178 e. The molecule has 0 unspecified atom stereocenters. The number of benzene rings is 1. The quantitative estimate of drug-likeness (QED) is 0.712. The third-order valence-corrected chi connectivity index (χ3v) is 5.20. The zero-order chi connectivity index (χ0) is 15.0. The molecule has 4 nitrogen and oxygen atoms in total. The van der Waals surface area contributed by atoms with E-state index in [9.17, 15) is 8.42 Å². The predicted molar refractivity (Wildman–Crippen MR) is 83.0 cm³/mol. The molecule has 1 aromatic carbocycles. The van der Waals surface area contributed by atoms with Gasteiger partial charge in [0.2, 0.25) is 0 Å². The number of hydrogen-bond acceptors (Lipinski definition) is 4. The van der Waals surface area contributed by atoms with Crippen LogP contribution in [-0.4, -0.2) is 39.5 Å². The first-order chi connectivity index (χ1) is 9.51. The summed E-state index contributed by atoms with van der Waals surface area (Å²) in [6.07, 6.45) is 3.49. The average Bonchev–Trinajstić information content (AvgIpc) is 2.43. The van der Waals surface area contributed by atoms with Gasteiger partial charge in [0.15, 0.2) is 9.84 Å². The van der Waals surface area contributed by atoms with E-state index in [1.54, 1.807) is 12.1 Å². The highest BCUT2D eigenvalue weighted by Crippen LogP contribution is 2.18. The molecule has 0 aliphatic rings. The number of aliphatic hydroxyl groups excluding tert-OH is 1. The Kier molecular flexibility index (Phi) is 7.02. The number of aliphatic hydroxyl groups is 1. The summed E-state index contributed by atoms with van der Waals surface area (Å²) in [6.45, 7) is 3.01. The molecule has 0 atom stereocenters. The van der Waals surface area contributed by atoms with Crippen molar-refractivity contribution in [1.82, 2.24) is 0 Å². The van der Waals surface area contributed by atoms with Crippen molar-refractivity contribution in [2.75, 3.05) is 30.9 Å². The van der Waals surface area contributed by atoms with Crippen LogP contribution in [0.15, 0.2) is 29.2 Å². The van der Waals surface area contributed by atoms with E-state index in [1.165, 1.54) is 0 Å². The van der Waals surface area contributed by atoms with E-state index < -0.39 is 9.84 Å². The summed E-state index contributed by atoms with van der Waals surface area (Å²) in [6, 6.07) is 7.08. The monoisotopic (exact) mass is 299 g/mol. The lowest BCUT2D eigenvalue weighted by molar-refractivity contribution is 0.283. The van der Waals surface area contributed by atoms with Crippen LogP contribution in [0.3, 0.4) is 0 Å². The van der Waals surface area contributed by atoms with Crippen LogP contribution in [0.1, 0.15) is 32.6 Å². The molecular weight excluding hydrogens is 274 g/mol. The number of nitrogens with zero attached hydrogens (tertiary/aromatic N) is 1. The molecule has 1 aromatic rings. The maximum atomic E-state index is 11.9. The molecule has 5 heteroatoms. The zero-order valence-corrected chi connectivity index (χ0v) is 13.2. The van der Waals surface area contributed by atoms with Gasteiger partial charge in [-0.15, -0.1) is 0 Å². The minimum Gasteiger partial charge on any atom is -0.396 e. The van der Waals surface area contributed by atoms with Gasteiger partial charge in [0.25, 0.3) is 0 Å². The normalized spacial score (nSPS) is 11.6. The fourth-order valence-electron chi connectivity index (χ4n) is 2.06. The number of rotatable bonds is 9. The number of unbranched alkanes of at least 4 members (excludes halogenated alkanes) is 2. The second-order valence-corrected chi connectivity index (χ2v) is 7.13. The molecule has 0 aliphatic carbocycles. The van der Waals surface area contributed by atoms with E-state index in [0.29, 0.717) is 11.3 Å². The molecule has 0 heterocycles. The van der Waals surface area contributed by atoms with Crippen LogP contribution >= 0.6 is 0 Å². The molecule has 20 heavy (non-hydrogen) atoms. The molecule has 0 radical (unpaired) electrons. The lowest BCUT2D eigenvalue weighted by atomic mass is 10.2. The van der Waals surface area contributed by atoms with Crippen LogP contribution < -0.4 is 4.90 Å². The van der Waals surface area contributed by atoms with Crippen molar-refractivity contribution in [3.8, 4) is 0 Å². The van der Waals surface area contributed by atoms with Gasteiger partial charge in [-0.05, 0) is 49.9 Å². The minimum atomic E-state index is -3.12. The molecule has 114 valence electrons. The molecule has 0 saturated carbocycles. The SMILES string of the molecule is CCCS(=O)(=O)c1ccc(N(C)CCCCCO)cc1. The van der Waals surface area contributed by atoms with Gasteiger partial charge in [-0.1, -0.05) is 6.92 Å². The van der Waals surface area contributed by atoms with Crippen LogP contribution in [-0.2, 0) is 9.84 Å².